The van der Waals surface area contributed by atoms with E-state index in [1.54, 1.807) is 30.3 Å². The topological polar surface area (TPSA) is 43.4 Å². The second-order valence-electron chi connectivity index (χ2n) is 2.54. The van der Waals surface area contributed by atoms with E-state index in [0.717, 1.165) is 0 Å². The summed E-state index contributed by atoms with van der Waals surface area (Å²) in [6, 6.07) is 8.27. The summed E-state index contributed by atoms with van der Waals surface area (Å²) in [5, 5.41) is 0. The van der Waals surface area contributed by atoms with Crippen LogP contribution in [-0.4, -0.2) is 18.4 Å². The van der Waals surface area contributed by atoms with Gasteiger partial charge in [0, 0.05) is 28.2 Å². The zero-order chi connectivity index (χ0) is 11.1. The fraction of sp³-hybridized carbons (Fsp3) is 0.0909. The third-order valence-electron chi connectivity index (χ3n) is 1.56. The molecular weight excluding hydrogens is 307 g/mol. The van der Waals surface area contributed by atoms with Crippen molar-refractivity contribution in [2.45, 2.75) is 0 Å². The number of ether oxygens (including phenoxy) is 1. The van der Waals surface area contributed by atoms with Crippen LogP contribution in [0.25, 0.3) is 0 Å². The Kier molecular flexibility index (Phi) is 4.84. The van der Waals surface area contributed by atoms with Crippen LogP contribution in [-0.2, 0) is 9.53 Å². The van der Waals surface area contributed by atoms with Gasteiger partial charge in [0.2, 0.25) is 0 Å². The van der Waals surface area contributed by atoms with Gasteiger partial charge in [-0.1, -0.05) is 36.3 Å². The summed E-state index contributed by atoms with van der Waals surface area (Å²) in [5.74, 6) is 1.00. The van der Waals surface area contributed by atoms with Gasteiger partial charge in [-0.05, 0) is 3.93 Å². The highest BCUT2D eigenvalue weighted by atomic mass is 127. The van der Waals surface area contributed by atoms with Gasteiger partial charge < -0.3 is 4.74 Å². The number of carbonyl (C=O) groups excluding carboxylic acids is 2. The van der Waals surface area contributed by atoms with Crippen LogP contribution in [0, 0.1) is 9.85 Å². The smallest absolute Gasteiger partial charge is 0.380 e. The van der Waals surface area contributed by atoms with Gasteiger partial charge in [0.1, 0.15) is 0 Å². The first kappa shape index (κ1) is 11.7. The van der Waals surface area contributed by atoms with E-state index < -0.39 is 11.8 Å². The summed E-state index contributed by atoms with van der Waals surface area (Å²) in [7, 11) is 0. The third-order valence-corrected chi connectivity index (χ3v) is 1.95. The number of benzene rings is 1. The number of rotatable bonds is 3. The molecule has 0 amide bonds. The van der Waals surface area contributed by atoms with Crippen LogP contribution < -0.4 is 0 Å². The quantitative estimate of drug-likeness (QED) is 0.281. The largest absolute Gasteiger partial charge is 0.446 e. The number of hydrogen-bond donors (Lipinski definition) is 0. The fourth-order valence-electron chi connectivity index (χ4n) is 0.902. The van der Waals surface area contributed by atoms with Crippen LogP contribution in [0.1, 0.15) is 10.4 Å². The Morgan fingerprint density at radius 1 is 1.27 bits per heavy atom. The maximum Gasteiger partial charge on any atom is 0.380 e. The molecule has 3 nitrogen and oxygen atoms in total. The van der Waals surface area contributed by atoms with Gasteiger partial charge in [-0.25, -0.2) is 4.79 Å². The van der Waals surface area contributed by atoms with Crippen molar-refractivity contribution in [3.05, 3.63) is 35.9 Å². The predicted molar refractivity (Wildman–Crippen MR) is 63.5 cm³/mol. The van der Waals surface area contributed by atoms with Crippen LogP contribution in [0.2, 0.25) is 0 Å². The summed E-state index contributed by atoms with van der Waals surface area (Å²) < 4.78 is 7.16. The van der Waals surface area contributed by atoms with E-state index in [0.29, 0.717) is 5.56 Å². The molecule has 0 fully saturated rings. The summed E-state index contributed by atoms with van der Waals surface area (Å²) >= 11 is 1.83. The van der Waals surface area contributed by atoms with E-state index in [2.05, 4.69) is 14.6 Å². The molecule has 0 unspecified atom stereocenters. The highest BCUT2D eigenvalue weighted by Crippen LogP contribution is 2.01. The Hall–Kier alpha value is -1.35. The lowest BCUT2D eigenvalue weighted by Crippen LogP contribution is -2.17. The number of hydrogen-bond acceptors (Lipinski definition) is 3. The second-order valence-corrected chi connectivity index (χ2v) is 3.08. The van der Waals surface area contributed by atoms with E-state index in [9.17, 15) is 9.59 Å². The molecule has 0 radical (unpaired) electrons. The van der Waals surface area contributed by atoms with Crippen LogP contribution in [0.3, 0.4) is 0 Å². The van der Waals surface area contributed by atoms with Crippen LogP contribution in [0.15, 0.2) is 30.3 Å². The zero-order valence-corrected chi connectivity index (χ0v) is 9.85. The van der Waals surface area contributed by atoms with Crippen molar-refractivity contribution in [2.75, 3.05) is 6.61 Å². The Morgan fingerprint density at radius 3 is 2.53 bits per heavy atom. The molecule has 1 rings (SSSR count). The van der Waals surface area contributed by atoms with Gasteiger partial charge in [-0.2, -0.15) is 0 Å². The lowest BCUT2D eigenvalue weighted by atomic mass is 10.1. The Bertz CT molecular complexity index is 414. The lowest BCUT2D eigenvalue weighted by molar-refractivity contribution is -0.136. The van der Waals surface area contributed by atoms with Crippen molar-refractivity contribution >= 4 is 34.3 Å². The van der Waals surface area contributed by atoms with Crippen molar-refractivity contribution in [3.63, 3.8) is 0 Å². The molecule has 0 aliphatic heterocycles. The molecule has 0 spiro atoms. The van der Waals surface area contributed by atoms with Gasteiger partial charge >= 0.3 is 5.97 Å². The average molecular weight is 314 g/mol. The first-order chi connectivity index (χ1) is 7.25. The molecule has 0 bridgehead atoms. The standard InChI is InChI=1S/C11H7IO3/c12-7-4-8-15-11(14)10(13)9-5-2-1-3-6-9/h1-3,5-6H,8H2. The van der Waals surface area contributed by atoms with Crippen LogP contribution in [0.5, 0.6) is 0 Å². The molecule has 0 heterocycles. The Balaban J connectivity index is 2.60. The van der Waals surface area contributed by atoms with Gasteiger partial charge in [-0.15, -0.1) is 0 Å². The lowest BCUT2D eigenvalue weighted by Gasteiger charge is -1.99. The summed E-state index contributed by atoms with van der Waals surface area (Å²) in [5.41, 5.74) is 0.324. The van der Waals surface area contributed by atoms with Crippen molar-refractivity contribution in [3.8, 4) is 9.85 Å². The minimum absolute atomic E-state index is 0.0552. The first-order valence-electron chi connectivity index (χ1n) is 4.10. The molecule has 0 aliphatic carbocycles. The van der Waals surface area contributed by atoms with Gasteiger partial charge in [-0.3, -0.25) is 4.79 Å². The molecule has 1 aromatic carbocycles. The molecule has 0 aliphatic rings. The zero-order valence-electron chi connectivity index (χ0n) is 7.70. The summed E-state index contributed by atoms with van der Waals surface area (Å²) in [4.78, 5) is 22.6. The van der Waals surface area contributed by atoms with Crippen LogP contribution >= 0.6 is 22.6 Å². The second kappa shape index (κ2) is 6.19. The number of esters is 1. The molecule has 76 valence electrons. The normalized spacial score (nSPS) is 8.60. The maximum absolute atomic E-state index is 11.4. The van der Waals surface area contributed by atoms with Crippen LogP contribution in [0.4, 0.5) is 0 Å². The number of Topliss-reactive ketones (excluding diaryl/α,β-unsaturated/α-hetero) is 1. The average Bonchev–Trinajstić information content (AvgIpc) is 2.29. The highest BCUT2D eigenvalue weighted by molar-refractivity contribution is 14.1. The summed E-state index contributed by atoms with van der Waals surface area (Å²) in [6.45, 7) is -0.0552. The maximum atomic E-state index is 11.4. The molecular formula is C11H7IO3. The van der Waals surface area contributed by atoms with E-state index in [-0.39, 0.29) is 6.61 Å². The molecule has 15 heavy (non-hydrogen) atoms. The van der Waals surface area contributed by atoms with Gasteiger partial charge in [0.05, 0.1) is 0 Å². The molecule has 1 aromatic rings. The number of ketones is 1. The van der Waals surface area contributed by atoms with E-state index in [4.69, 9.17) is 0 Å². The van der Waals surface area contributed by atoms with Gasteiger partial charge in [0.25, 0.3) is 5.78 Å². The molecule has 0 aromatic heterocycles. The van der Waals surface area contributed by atoms with Gasteiger partial charge in [0.15, 0.2) is 6.61 Å². The highest BCUT2D eigenvalue weighted by Gasteiger charge is 2.16. The molecule has 0 saturated heterocycles. The Labute approximate surface area is 101 Å². The number of halogens is 1. The Morgan fingerprint density at radius 2 is 1.93 bits per heavy atom. The van der Waals surface area contributed by atoms with Crippen molar-refractivity contribution in [2.24, 2.45) is 0 Å². The predicted octanol–water partition coefficient (Wildman–Crippen LogP) is 1.81. The minimum atomic E-state index is -0.875. The minimum Gasteiger partial charge on any atom is -0.446 e. The van der Waals surface area contributed by atoms with Crippen molar-refractivity contribution in [1.29, 1.82) is 0 Å². The fourth-order valence-corrected chi connectivity index (χ4v) is 1.06. The third kappa shape index (κ3) is 3.72. The molecule has 0 N–H and O–H groups in total. The SMILES string of the molecule is O=C(OCC#CI)C(=O)c1ccccc1. The summed E-state index contributed by atoms with van der Waals surface area (Å²) in [6.07, 6.45) is 0. The number of carbonyl (C=O) groups is 2. The van der Waals surface area contributed by atoms with E-state index in [1.165, 1.54) is 0 Å². The first-order valence-corrected chi connectivity index (χ1v) is 5.18. The van der Waals surface area contributed by atoms with E-state index >= 15 is 0 Å². The monoisotopic (exact) mass is 314 g/mol. The van der Waals surface area contributed by atoms with Crippen molar-refractivity contribution < 1.29 is 14.3 Å². The molecule has 4 heteroatoms. The molecule has 0 atom stereocenters. The molecule has 0 saturated carbocycles. The van der Waals surface area contributed by atoms with Crippen molar-refractivity contribution in [1.82, 2.24) is 0 Å². The van der Waals surface area contributed by atoms with E-state index in [1.807, 2.05) is 22.6 Å².